The highest BCUT2D eigenvalue weighted by atomic mass is 32.2. The van der Waals surface area contributed by atoms with Crippen LogP contribution in [0.4, 0.5) is 0 Å². The third-order valence-electron chi connectivity index (χ3n) is 3.46. The summed E-state index contributed by atoms with van der Waals surface area (Å²) in [6, 6.07) is 3.15. The van der Waals surface area contributed by atoms with E-state index in [0.717, 1.165) is 5.52 Å². The summed E-state index contributed by atoms with van der Waals surface area (Å²) in [6.45, 7) is 0. The van der Waals surface area contributed by atoms with Gasteiger partial charge in [0.1, 0.15) is 5.69 Å². The molecule has 1 saturated heterocycles. The number of carbonyl (C=O) groups excluding carboxylic acids is 1. The number of rotatable bonds is 2. The van der Waals surface area contributed by atoms with Crippen LogP contribution in [0.5, 0.6) is 0 Å². The minimum Gasteiger partial charge on any atom is -0.463 e. The molecule has 0 spiro atoms. The lowest BCUT2D eigenvalue weighted by molar-refractivity contribution is 0.0933. The first-order chi connectivity index (χ1) is 8.96. The summed E-state index contributed by atoms with van der Waals surface area (Å²) >= 11 is 0. The second-order valence-corrected chi connectivity index (χ2v) is 7.06. The molecule has 2 aromatic heterocycles. The van der Waals surface area contributed by atoms with Crippen LogP contribution in [0.3, 0.4) is 0 Å². The maximum atomic E-state index is 12.1. The molecule has 102 valence electrons. The number of aromatic nitrogens is 1. The molecule has 0 radical (unpaired) electrons. The van der Waals surface area contributed by atoms with Crippen LogP contribution in [0.1, 0.15) is 16.9 Å². The highest BCUT2D eigenvalue weighted by Gasteiger charge is 2.29. The first-order valence-corrected chi connectivity index (χ1v) is 7.82. The molecule has 0 aliphatic carbocycles. The lowest BCUT2D eigenvalue weighted by atomic mass is 10.2. The van der Waals surface area contributed by atoms with Crippen molar-refractivity contribution in [1.82, 2.24) is 9.88 Å². The summed E-state index contributed by atoms with van der Waals surface area (Å²) in [5, 5.41) is 2.76. The van der Waals surface area contributed by atoms with Crippen molar-refractivity contribution in [2.45, 2.75) is 12.5 Å². The van der Waals surface area contributed by atoms with Gasteiger partial charge >= 0.3 is 0 Å². The number of hydrogen-bond acceptors (Lipinski definition) is 4. The largest absolute Gasteiger partial charge is 0.463 e. The molecule has 0 bridgehead atoms. The van der Waals surface area contributed by atoms with Crippen LogP contribution in [-0.4, -0.2) is 36.4 Å². The molecule has 0 aromatic carbocycles. The van der Waals surface area contributed by atoms with Crippen LogP contribution in [0.2, 0.25) is 0 Å². The monoisotopic (exact) mass is 282 g/mol. The van der Waals surface area contributed by atoms with E-state index in [1.807, 2.05) is 0 Å². The first-order valence-electron chi connectivity index (χ1n) is 6.00. The molecule has 1 aliphatic heterocycles. The Kier molecular flexibility index (Phi) is 2.67. The maximum absolute atomic E-state index is 12.1. The number of furan rings is 1. The summed E-state index contributed by atoms with van der Waals surface area (Å²) in [5.74, 6) is -0.0943. The zero-order chi connectivity index (χ0) is 13.6. The van der Waals surface area contributed by atoms with E-state index in [1.54, 1.807) is 30.0 Å². The van der Waals surface area contributed by atoms with Crippen molar-refractivity contribution in [1.29, 1.82) is 0 Å². The van der Waals surface area contributed by atoms with Crippen LogP contribution in [0.25, 0.3) is 11.1 Å². The fourth-order valence-corrected chi connectivity index (χ4v) is 4.11. The van der Waals surface area contributed by atoms with Crippen molar-refractivity contribution in [2.24, 2.45) is 7.05 Å². The zero-order valence-electron chi connectivity index (χ0n) is 10.4. The molecular formula is C12H14N2O4S. The van der Waals surface area contributed by atoms with Gasteiger partial charge in [0.2, 0.25) is 0 Å². The molecule has 1 amide bonds. The van der Waals surface area contributed by atoms with E-state index in [1.165, 1.54) is 0 Å². The summed E-state index contributed by atoms with van der Waals surface area (Å²) in [6.07, 6.45) is 2.05. The average Bonchev–Trinajstić information content (AvgIpc) is 2.97. The maximum Gasteiger partial charge on any atom is 0.268 e. The minimum absolute atomic E-state index is 0.0271. The SMILES string of the molecule is Cn1c(C(=O)N[C@@H]2CCS(=O)(=O)C2)cc2occc21. The Balaban J connectivity index is 1.81. The fraction of sp³-hybridized carbons (Fsp3) is 0.417. The quantitative estimate of drug-likeness (QED) is 0.878. The number of nitrogens with one attached hydrogen (secondary N) is 1. The topological polar surface area (TPSA) is 81.3 Å². The summed E-state index contributed by atoms with van der Waals surface area (Å²) in [4.78, 5) is 12.1. The second kappa shape index (κ2) is 4.12. The molecule has 1 fully saturated rings. The lowest BCUT2D eigenvalue weighted by Gasteiger charge is -2.11. The molecule has 0 unspecified atom stereocenters. The molecule has 6 nitrogen and oxygen atoms in total. The predicted molar refractivity (Wildman–Crippen MR) is 69.7 cm³/mol. The van der Waals surface area contributed by atoms with Crippen LogP contribution in [-0.2, 0) is 16.9 Å². The zero-order valence-corrected chi connectivity index (χ0v) is 11.2. The molecule has 1 atom stereocenters. The normalized spacial score (nSPS) is 21.8. The van der Waals surface area contributed by atoms with Gasteiger partial charge in [-0.25, -0.2) is 8.42 Å². The number of fused-ring (bicyclic) bond motifs is 1. The van der Waals surface area contributed by atoms with Gasteiger partial charge in [-0.3, -0.25) is 4.79 Å². The molecule has 3 rings (SSSR count). The smallest absolute Gasteiger partial charge is 0.268 e. The molecular weight excluding hydrogens is 268 g/mol. The molecule has 1 aliphatic rings. The Hall–Kier alpha value is -1.76. The third kappa shape index (κ3) is 2.14. The van der Waals surface area contributed by atoms with E-state index in [0.29, 0.717) is 17.7 Å². The average molecular weight is 282 g/mol. The number of aryl methyl sites for hydroxylation is 1. The van der Waals surface area contributed by atoms with Crippen LogP contribution >= 0.6 is 0 Å². The fourth-order valence-electron chi connectivity index (χ4n) is 2.44. The Morgan fingerprint density at radius 3 is 2.95 bits per heavy atom. The number of amides is 1. The summed E-state index contributed by atoms with van der Waals surface area (Å²) in [5.41, 5.74) is 1.95. The van der Waals surface area contributed by atoms with E-state index in [9.17, 15) is 13.2 Å². The Labute approximate surface area is 110 Å². The van der Waals surface area contributed by atoms with Gasteiger partial charge in [0.05, 0.1) is 23.3 Å². The van der Waals surface area contributed by atoms with Gasteiger partial charge in [-0.15, -0.1) is 0 Å². The van der Waals surface area contributed by atoms with Crippen molar-refractivity contribution in [3.05, 3.63) is 24.1 Å². The van der Waals surface area contributed by atoms with Gasteiger partial charge in [-0.05, 0) is 6.42 Å². The van der Waals surface area contributed by atoms with Gasteiger partial charge in [0.15, 0.2) is 15.4 Å². The van der Waals surface area contributed by atoms with E-state index in [4.69, 9.17) is 4.42 Å². The van der Waals surface area contributed by atoms with Crippen molar-refractivity contribution in [3.8, 4) is 0 Å². The summed E-state index contributed by atoms with van der Waals surface area (Å²) < 4.78 is 29.7. The second-order valence-electron chi connectivity index (χ2n) is 4.83. The van der Waals surface area contributed by atoms with Crippen molar-refractivity contribution < 1.29 is 17.6 Å². The molecule has 19 heavy (non-hydrogen) atoms. The van der Waals surface area contributed by atoms with E-state index < -0.39 is 9.84 Å². The third-order valence-corrected chi connectivity index (χ3v) is 5.23. The molecule has 1 N–H and O–H groups in total. The van der Waals surface area contributed by atoms with Crippen molar-refractivity contribution in [2.75, 3.05) is 11.5 Å². The Morgan fingerprint density at radius 1 is 1.53 bits per heavy atom. The highest BCUT2D eigenvalue weighted by molar-refractivity contribution is 7.91. The van der Waals surface area contributed by atoms with Gasteiger partial charge < -0.3 is 14.3 Å². The molecule has 7 heteroatoms. The minimum atomic E-state index is -2.99. The van der Waals surface area contributed by atoms with E-state index in [2.05, 4.69) is 5.32 Å². The lowest BCUT2D eigenvalue weighted by Crippen LogP contribution is -2.36. The number of carbonyl (C=O) groups is 1. The number of hydrogen-bond donors (Lipinski definition) is 1. The van der Waals surface area contributed by atoms with Crippen LogP contribution in [0, 0.1) is 0 Å². The van der Waals surface area contributed by atoms with E-state index in [-0.39, 0.29) is 23.5 Å². The van der Waals surface area contributed by atoms with Gasteiger partial charge in [-0.1, -0.05) is 0 Å². The number of nitrogens with zero attached hydrogens (tertiary/aromatic N) is 1. The number of sulfone groups is 1. The van der Waals surface area contributed by atoms with Crippen molar-refractivity contribution in [3.63, 3.8) is 0 Å². The Morgan fingerprint density at radius 2 is 2.32 bits per heavy atom. The van der Waals surface area contributed by atoms with Gasteiger partial charge in [0, 0.05) is 25.2 Å². The van der Waals surface area contributed by atoms with Crippen LogP contribution < -0.4 is 5.32 Å². The first kappa shape index (κ1) is 12.3. The van der Waals surface area contributed by atoms with Gasteiger partial charge in [-0.2, -0.15) is 0 Å². The van der Waals surface area contributed by atoms with Crippen molar-refractivity contribution >= 4 is 26.8 Å². The highest BCUT2D eigenvalue weighted by Crippen LogP contribution is 2.20. The van der Waals surface area contributed by atoms with Crippen LogP contribution in [0.15, 0.2) is 22.8 Å². The molecule has 3 heterocycles. The van der Waals surface area contributed by atoms with Gasteiger partial charge in [0.25, 0.3) is 5.91 Å². The van der Waals surface area contributed by atoms with E-state index >= 15 is 0 Å². The Bertz CT molecular complexity index is 741. The molecule has 2 aromatic rings. The predicted octanol–water partition coefficient (Wildman–Crippen LogP) is 0.688. The summed E-state index contributed by atoms with van der Waals surface area (Å²) in [7, 11) is -1.21. The molecule has 0 saturated carbocycles. The standard InChI is InChI=1S/C12H14N2O4S/c1-14-9-2-4-18-11(9)6-10(14)12(15)13-8-3-5-19(16,17)7-8/h2,4,6,8H,3,5,7H2,1H3,(H,13,15)/t8-/m1/s1.